The van der Waals surface area contributed by atoms with Crippen molar-refractivity contribution in [3.63, 3.8) is 0 Å². The zero-order chi connectivity index (χ0) is 35.8. The summed E-state index contributed by atoms with van der Waals surface area (Å²) in [5.74, 6) is 0.877. The second-order valence-electron chi connectivity index (χ2n) is 13.3. The molecular formula is C37H48N2O10S. The second-order valence-corrected chi connectivity index (χ2v) is 15.2. The third-order valence-corrected chi connectivity index (χ3v) is 10.5. The number of amides is 1. The van der Waals surface area contributed by atoms with Crippen LogP contribution in [0, 0.1) is 18.8 Å². The number of carbonyl (C=O) groups is 1. The van der Waals surface area contributed by atoms with E-state index in [1.807, 2.05) is 68.4 Å². The molecule has 2 fully saturated rings. The minimum atomic E-state index is -4.09. The van der Waals surface area contributed by atoms with Crippen molar-refractivity contribution in [2.45, 2.75) is 82.9 Å². The van der Waals surface area contributed by atoms with E-state index in [2.05, 4.69) is 5.32 Å². The van der Waals surface area contributed by atoms with Crippen LogP contribution in [-0.2, 0) is 37.3 Å². The maximum Gasteiger partial charge on any atom is 0.407 e. The molecule has 1 amide bonds. The summed E-state index contributed by atoms with van der Waals surface area (Å²) in [7, 11) is -4.09. The molecule has 3 N–H and O–H groups in total. The maximum absolute atomic E-state index is 14.0. The number of nitrogens with zero attached hydrogens (tertiary/aromatic N) is 1. The number of carbonyl (C=O) groups excluding carboxylic acids is 1. The first-order valence-electron chi connectivity index (χ1n) is 17.0. The third-order valence-electron chi connectivity index (χ3n) is 8.68. The van der Waals surface area contributed by atoms with Crippen molar-refractivity contribution >= 4 is 16.1 Å². The summed E-state index contributed by atoms with van der Waals surface area (Å²) < 4.78 is 57.4. The Bertz CT molecular complexity index is 1650. The van der Waals surface area contributed by atoms with Crippen molar-refractivity contribution in [1.82, 2.24) is 9.62 Å². The molecule has 13 heteroatoms. The summed E-state index contributed by atoms with van der Waals surface area (Å²) in [6, 6.07) is 20.6. The van der Waals surface area contributed by atoms with Crippen LogP contribution in [0.25, 0.3) is 0 Å². The van der Waals surface area contributed by atoms with Crippen molar-refractivity contribution in [1.29, 1.82) is 0 Å². The normalized spacial score (nSPS) is 20.7. The fourth-order valence-corrected chi connectivity index (χ4v) is 7.84. The van der Waals surface area contributed by atoms with Crippen molar-refractivity contribution in [2.24, 2.45) is 11.8 Å². The molecule has 3 unspecified atom stereocenters. The van der Waals surface area contributed by atoms with E-state index >= 15 is 0 Å². The highest BCUT2D eigenvalue weighted by atomic mass is 32.2. The van der Waals surface area contributed by atoms with Crippen LogP contribution in [0.1, 0.15) is 43.9 Å². The van der Waals surface area contributed by atoms with E-state index in [1.165, 1.54) is 29.4 Å². The largest absolute Gasteiger partial charge is 0.489 e. The number of aliphatic hydroxyl groups is 2. The van der Waals surface area contributed by atoms with Gasteiger partial charge in [-0.15, -0.1) is 0 Å². The van der Waals surface area contributed by atoms with Gasteiger partial charge in [0, 0.05) is 13.1 Å². The number of hydrogen-bond acceptors (Lipinski definition) is 10. The molecule has 2 aliphatic heterocycles. The summed E-state index contributed by atoms with van der Waals surface area (Å²) in [5, 5.41) is 24.1. The van der Waals surface area contributed by atoms with Gasteiger partial charge in [0.05, 0.1) is 36.2 Å². The molecule has 0 saturated carbocycles. The third kappa shape index (κ3) is 9.95. The van der Waals surface area contributed by atoms with Crippen molar-refractivity contribution in [3.8, 4) is 11.5 Å². The Morgan fingerprint density at radius 3 is 2.40 bits per heavy atom. The van der Waals surface area contributed by atoms with E-state index in [9.17, 15) is 23.4 Å². The average Bonchev–Trinajstić information content (AvgIpc) is 3.70. The summed E-state index contributed by atoms with van der Waals surface area (Å²) >= 11 is 0. The number of sulfonamides is 1. The van der Waals surface area contributed by atoms with Gasteiger partial charge in [0.2, 0.25) is 10.0 Å². The highest BCUT2D eigenvalue weighted by molar-refractivity contribution is 7.89. The monoisotopic (exact) mass is 712 g/mol. The molecule has 3 aromatic rings. The summed E-state index contributed by atoms with van der Waals surface area (Å²) in [5.41, 5.74) is 2.35. The number of benzene rings is 3. The number of hydrogen-bond donors (Lipinski definition) is 3. The molecule has 272 valence electrons. The minimum absolute atomic E-state index is 0.0189. The predicted octanol–water partition coefficient (Wildman–Crippen LogP) is 4.40. The van der Waals surface area contributed by atoms with Crippen LogP contribution in [0.4, 0.5) is 4.79 Å². The van der Waals surface area contributed by atoms with E-state index in [0.29, 0.717) is 36.7 Å². The molecule has 0 aromatic heterocycles. The van der Waals surface area contributed by atoms with Gasteiger partial charge in [0.25, 0.3) is 0 Å². The zero-order valence-electron chi connectivity index (χ0n) is 28.9. The minimum Gasteiger partial charge on any atom is -0.489 e. The van der Waals surface area contributed by atoms with Crippen LogP contribution in [0.15, 0.2) is 77.7 Å². The Kier molecular flexibility index (Phi) is 12.8. The van der Waals surface area contributed by atoms with Crippen LogP contribution < -0.4 is 14.8 Å². The molecule has 2 heterocycles. The number of rotatable bonds is 16. The molecule has 0 spiro atoms. The van der Waals surface area contributed by atoms with Gasteiger partial charge in [0.15, 0.2) is 12.6 Å². The van der Waals surface area contributed by atoms with Crippen LogP contribution in [0.3, 0.4) is 0 Å². The van der Waals surface area contributed by atoms with Gasteiger partial charge in [-0.05, 0) is 79.6 Å². The number of nitrogens with one attached hydrogen (secondary N) is 1. The Morgan fingerprint density at radius 2 is 1.72 bits per heavy atom. The van der Waals surface area contributed by atoms with Gasteiger partial charge in [0.1, 0.15) is 24.2 Å². The molecule has 6 atom stereocenters. The van der Waals surface area contributed by atoms with Crippen LogP contribution in [0.2, 0.25) is 0 Å². The molecule has 2 aliphatic rings. The molecule has 5 rings (SSSR count). The highest BCUT2D eigenvalue weighted by Crippen LogP contribution is 2.33. The summed E-state index contributed by atoms with van der Waals surface area (Å²) in [6.07, 6.45) is -3.11. The van der Waals surface area contributed by atoms with Gasteiger partial charge in [-0.1, -0.05) is 56.3 Å². The number of alkyl carbamates (subject to hydrolysis) is 1. The quantitative estimate of drug-likeness (QED) is 0.182. The van der Waals surface area contributed by atoms with E-state index in [1.54, 1.807) is 6.92 Å². The van der Waals surface area contributed by atoms with E-state index in [0.717, 1.165) is 11.1 Å². The molecule has 2 saturated heterocycles. The molecule has 12 nitrogen and oxygen atoms in total. The number of ether oxygens (including phenoxy) is 5. The van der Waals surface area contributed by atoms with Crippen molar-refractivity contribution < 1.29 is 47.1 Å². The first-order valence-corrected chi connectivity index (χ1v) is 18.4. The molecule has 0 bridgehead atoms. The van der Waals surface area contributed by atoms with Crippen LogP contribution in [0.5, 0.6) is 11.5 Å². The SMILES string of the molecule is Cc1cc(S(=O)(=O)N(CC(C)C)C[C@@H](O)[C@H](Cc2ccc(OCc3ccccc3)cc2)NC(=O)O[C@H]2COC3OCCC32)ccc1OC(C)O. The second kappa shape index (κ2) is 17.0. The standard InChI is InChI=1S/C37H48N2O10S/c1-24(2)20-39(50(43,44)30-14-15-34(25(3)18-30)48-26(4)40)21-33(41)32(38-37(42)49-35-23-47-36-31(35)16-17-45-36)19-27-10-12-29(13-11-27)46-22-28-8-6-5-7-9-28/h5-15,18,24,26,31-33,35-36,40-41H,16-17,19-23H2,1-4H3,(H,38,42)/t26?,31?,32-,33+,35-,36?/m0/s1. The predicted molar refractivity (Wildman–Crippen MR) is 185 cm³/mol. The van der Waals surface area contributed by atoms with E-state index in [4.69, 9.17) is 23.7 Å². The Labute approximate surface area is 294 Å². The van der Waals surface area contributed by atoms with Gasteiger partial charge >= 0.3 is 6.09 Å². The van der Waals surface area contributed by atoms with Gasteiger partial charge in [-0.2, -0.15) is 4.31 Å². The van der Waals surface area contributed by atoms with Crippen molar-refractivity contribution in [2.75, 3.05) is 26.3 Å². The molecule has 0 aliphatic carbocycles. The number of aryl methyl sites for hydroxylation is 1. The molecular weight excluding hydrogens is 664 g/mol. The number of aliphatic hydroxyl groups excluding tert-OH is 2. The lowest BCUT2D eigenvalue weighted by atomic mass is 10.0. The fourth-order valence-electron chi connectivity index (χ4n) is 6.13. The van der Waals surface area contributed by atoms with E-state index in [-0.39, 0.29) is 42.8 Å². The lowest BCUT2D eigenvalue weighted by Crippen LogP contribution is -2.51. The molecule has 3 aromatic carbocycles. The summed E-state index contributed by atoms with van der Waals surface area (Å²) in [4.78, 5) is 13.3. The zero-order valence-corrected chi connectivity index (χ0v) is 29.8. The molecule has 0 radical (unpaired) electrons. The Hall–Kier alpha value is -3.72. The smallest absolute Gasteiger partial charge is 0.407 e. The lowest BCUT2D eigenvalue weighted by Gasteiger charge is -2.31. The van der Waals surface area contributed by atoms with Crippen LogP contribution >= 0.6 is 0 Å². The van der Waals surface area contributed by atoms with Crippen molar-refractivity contribution in [3.05, 3.63) is 89.5 Å². The Morgan fingerprint density at radius 1 is 0.980 bits per heavy atom. The first-order chi connectivity index (χ1) is 23.9. The first kappa shape index (κ1) is 37.5. The lowest BCUT2D eigenvalue weighted by molar-refractivity contribution is -0.0907. The average molecular weight is 713 g/mol. The Balaban J connectivity index is 1.33. The van der Waals surface area contributed by atoms with Crippen LogP contribution in [-0.4, -0.2) is 86.2 Å². The topological polar surface area (TPSA) is 153 Å². The highest BCUT2D eigenvalue weighted by Gasteiger charge is 2.44. The number of fused-ring (bicyclic) bond motifs is 1. The molecule has 50 heavy (non-hydrogen) atoms. The van der Waals surface area contributed by atoms with Gasteiger partial charge in [-0.3, -0.25) is 0 Å². The maximum atomic E-state index is 14.0. The van der Waals surface area contributed by atoms with Gasteiger partial charge < -0.3 is 39.2 Å². The van der Waals surface area contributed by atoms with E-state index < -0.39 is 46.9 Å². The fraction of sp³-hybridized carbons (Fsp3) is 0.486. The summed E-state index contributed by atoms with van der Waals surface area (Å²) in [6.45, 7) is 7.90. The van der Waals surface area contributed by atoms with Gasteiger partial charge in [-0.25, -0.2) is 13.2 Å².